The molecule has 4 aromatic rings. The first-order valence-corrected chi connectivity index (χ1v) is 11.4. The minimum absolute atomic E-state index is 0.107. The van der Waals surface area contributed by atoms with Crippen LogP contribution in [0.15, 0.2) is 121 Å². The van der Waals surface area contributed by atoms with Gasteiger partial charge in [0.2, 0.25) is 5.79 Å². The summed E-state index contributed by atoms with van der Waals surface area (Å²) in [5.41, 5.74) is -1.25. The molecule has 2 N–H and O–H groups in total. The Labute approximate surface area is 199 Å². The smallest absolute Gasteiger partial charge is 0.227 e. The number of benzene rings is 4. The van der Waals surface area contributed by atoms with E-state index in [0.29, 0.717) is 22.3 Å². The number of Topliss-reactive ketones (excluding diaryl/α,β-unsaturated/α-hetero) is 1. The second-order valence-corrected chi connectivity index (χ2v) is 8.73. The minimum atomic E-state index is -2.19. The molecular formula is C30H26O4. The average Bonchev–Trinajstić information content (AvgIpc) is 2.92. The molecule has 3 unspecified atom stereocenters. The van der Waals surface area contributed by atoms with Gasteiger partial charge in [0.1, 0.15) is 5.60 Å². The first kappa shape index (κ1) is 22.2. The molecule has 0 spiro atoms. The van der Waals surface area contributed by atoms with Crippen LogP contribution in [0.2, 0.25) is 0 Å². The molecule has 3 atom stereocenters. The SMILES string of the molecule is O=C(c1ccccc1)C1(c2ccccc2)CCC(O)(c2ccccc2)C(O)(c2ccccc2)O1. The van der Waals surface area contributed by atoms with Gasteiger partial charge in [0.25, 0.3) is 0 Å². The second-order valence-electron chi connectivity index (χ2n) is 8.73. The van der Waals surface area contributed by atoms with Crippen LogP contribution < -0.4 is 0 Å². The molecule has 0 saturated carbocycles. The van der Waals surface area contributed by atoms with Crippen LogP contribution in [-0.4, -0.2) is 16.0 Å². The zero-order valence-corrected chi connectivity index (χ0v) is 18.7. The molecule has 0 aromatic heterocycles. The fourth-order valence-corrected chi connectivity index (χ4v) is 4.95. The summed E-state index contributed by atoms with van der Waals surface area (Å²) in [6.07, 6.45) is 0.293. The van der Waals surface area contributed by atoms with E-state index < -0.39 is 17.0 Å². The lowest BCUT2D eigenvalue weighted by atomic mass is 9.69. The number of carbonyl (C=O) groups excluding carboxylic acids is 1. The third-order valence-corrected chi connectivity index (χ3v) is 6.78. The highest BCUT2D eigenvalue weighted by atomic mass is 16.7. The highest BCUT2D eigenvalue weighted by Gasteiger charge is 2.63. The fraction of sp³-hybridized carbons (Fsp3) is 0.167. The van der Waals surface area contributed by atoms with Crippen molar-refractivity contribution in [1.29, 1.82) is 0 Å². The Bertz CT molecular complexity index is 1260. The first-order valence-electron chi connectivity index (χ1n) is 11.4. The van der Waals surface area contributed by atoms with Crippen molar-refractivity contribution in [1.82, 2.24) is 0 Å². The van der Waals surface area contributed by atoms with Crippen molar-refractivity contribution in [3.8, 4) is 0 Å². The Hall–Kier alpha value is -3.57. The highest BCUT2D eigenvalue weighted by Crippen LogP contribution is 2.55. The molecule has 0 bridgehead atoms. The summed E-state index contributed by atoms with van der Waals surface area (Å²) in [7, 11) is 0. The fourth-order valence-electron chi connectivity index (χ4n) is 4.95. The Kier molecular flexibility index (Phi) is 5.66. The van der Waals surface area contributed by atoms with Gasteiger partial charge in [0.05, 0.1) is 0 Å². The lowest BCUT2D eigenvalue weighted by Crippen LogP contribution is -2.61. The van der Waals surface area contributed by atoms with Crippen molar-refractivity contribution >= 4 is 5.78 Å². The summed E-state index contributed by atoms with van der Waals surface area (Å²) in [5.74, 6) is -2.45. The van der Waals surface area contributed by atoms with E-state index in [1.54, 1.807) is 60.7 Å². The molecule has 1 saturated heterocycles. The van der Waals surface area contributed by atoms with Crippen molar-refractivity contribution in [3.05, 3.63) is 144 Å². The number of hydrogen-bond acceptors (Lipinski definition) is 4. The average molecular weight is 451 g/mol. The summed E-state index contributed by atoms with van der Waals surface area (Å²) < 4.78 is 6.58. The normalized spacial score (nSPS) is 26.6. The van der Waals surface area contributed by atoms with Gasteiger partial charge in [-0.15, -0.1) is 0 Å². The van der Waals surface area contributed by atoms with Crippen LogP contribution in [0.1, 0.15) is 39.9 Å². The Morgan fingerprint density at radius 3 is 1.56 bits per heavy atom. The van der Waals surface area contributed by atoms with Gasteiger partial charge in [-0.25, -0.2) is 0 Å². The van der Waals surface area contributed by atoms with Crippen LogP contribution in [0, 0.1) is 0 Å². The van der Waals surface area contributed by atoms with E-state index >= 15 is 0 Å². The number of carbonyl (C=O) groups is 1. The molecule has 1 heterocycles. The van der Waals surface area contributed by atoms with Gasteiger partial charge in [-0.3, -0.25) is 4.79 Å². The molecule has 1 fully saturated rings. The molecule has 34 heavy (non-hydrogen) atoms. The van der Waals surface area contributed by atoms with Gasteiger partial charge in [-0.2, -0.15) is 0 Å². The standard InChI is InChI=1S/C30H26O4/c31-27(23-13-5-1-6-14-23)28(24-15-7-2-8-16-24)21-22-29(32,25-17-9-3-10-18-25)30(33,34-28)26-19-11-4-12-20-26/h1-20,32-33H,21-22H2. The molecule has 170 valence electrons. The maximum absolute atomic E-state index is 14.1. The molecule has 4 aromatic carbocycles. The molecule has 0 amide bonds. The third kappa shape index (κ3) is 3.48. The first-order chi connectivity index (χ1) is 16.5. The van der Waals surface area contributed by atoms with E-state index in [0.717, 1.165) is 0 Å². The predicted molar refractivity (Wildman–Crippen MR) is 130 cm³/mol. The number of ketones is 1. The van der Waals surface area contributed by atoms with Crippen LogP contribution in [-0.2, 0) is 21.7 Å². The second kappa shape index (κ2) is 8.65. The number of rotatable bonds is 5. The molecular weight excluding hydrogens is 424 g/mol. The summed E-state index contributed by atoms with van der Waals surface area (Å²) in [6.45, 7) is 0. The van der Waals surface area contributed by atoms with Crippen LogP contribution >= 0.6 is 0 Å². The van der Waals surface area contributed by atoms with Crippen molar-refractivity contribution < 1.29 is 19.7 Å². The van der Waals surface area contributed by atoms with Gasteiger partial charge >= 0.3 is 0 Å². The Morgan fingerprint density at radius 2 is 1.03 bits per heavy atom. The van der Waals surface area contributed by atoms with Crippen molar-refractivity contribution in [2.75, 3.05) is 0 Å². The summed E-state index contributed by atoms with van der Waals surface area (Å²) >= 11 is 0. The summed E-state index contributed by atoms with van der Waals surface area (Å²) in [5, 5.41) is 24.3. The van der Waals surface area contributed by atoms with E-state index in [9.17, 15) is 15.0 Å². The van der Waals surface area contributed by atoms with E-state index in [1.807, 2.05) is 60.7 Å². The van der Waals surface area contributed by atoms with Crippen LogP contribution in [0.5, 0.6) is 0 Å². The third-order valence-electron chi connectivity index (χ3n) is 6.78. The minimum Gasteiger partial charge on any atom is -0.379 e. The van der Waals surface area contributed by atoms with Crippen molar-refractivity contribution in [2.24, 2.45) is 0 Å². The Balaban J connectivity index is 1.73. The zero-order chi connectivity index (χ0) is 23.7. The largest absolute Gasteiger partial charge is 0.379 e. The van der Waals surface area contributed by atoms with Crippen molar-refractivity contribution in [3.63, 3.8) is 0 Å². The number of hydrogen-bond donors (Lipinski definition) is 2. The van der Waals surface area contributed by atoms with Crippen molar-refractivity contribution in [2.45, 2.75) is 29.8 Å². The number of ether oxygens (including phenoxy) is 1. The monoisotopic (exact) mass is 450 g/mol. The van der Waals surface area contributed by atoms with E-state index in [4.69, 9.17) is 4.74 Å². The lowest BCUT2D eigenvalue weighted by Gasteiger charge is -2.53. The maximum Gasteiger partial charge on any atom is 0.227 e. The van der Waals surface area contributed by atoms with Gasteiger partial charge < -0.3 is 14.9 Å². The topological polar surface area (TPSA) is 66.8 Å². The quantitative estimate of drug-likeness (QED) is 0.405. The summed E-state index contributed by atoms with van der Waals surface area (Å²) in [6, 6.07) is 36.0. The van der Waals surface area contributed by atoms with Gasteiger partial charge in [0, 0.05) is 11.1 Å². The van der Waals surface area contributed by atoms with E-state index in [-0.39, 0.29) is 18.6 Å². The molecule has 0 radical (unpaired) electrons. The summed E-state index contributed by atoms with van der Waals surface area (Å²) in [4.78, 5) is 14.1. The Morgan fingerprint density at radius 1 is 0.588 bits per heavy atom. The van der Waals surface area contributed by atoms with Gasteiger partial charge in [-0.05, 0) is 24.0 Å². The predicted octanol–water partition coefficient (Wildman–Crippen LogP) is 5.31. The molecule has 0 aliphatic carbocycles. The van der Waals surface area contributed by atoms with E-state index in [2.05, 4.69) is 0 Å². The van der Waals surface area contributed by atoms with Gasteiger partial charge in [-0.1, -0.05) is 121 Å². The molecule has 4 heteroatoms. The van der Waals surface area contributed by atoms with E-state index in [1.165, 1.54) is 0 Å². The maximum atomic E-state index is 14.1. The zero-order valence-electron chi connectivity index (χ0n) is 18.7. The van der Waals surface area contributed by atoms with Gasteiger partial charge in [0.15, 0.2) is 11.4 Å². The van der Waals surface area contributed by atoms with Crippen LogP contribution in [0.4, 0.5) is 0 Å². The molecule has 1 aliphatic heterocycles. The highest BCUT2D eigenvalue weighted by molar-refractivity contribution is 6.03. The number of aliphatic hydroxyl groups is 2. The molecule has 4 nitrogen and oxygen atoms in total. The lowest BCUT2D eigenvalue weighted by molar-refractivity contribution is -0.375. The van der Waals surface area contributed by atoms with Crippen LogP contribution in [0.3, 0.4) is 0 Å². The van der Waals surface area contributed by atoms with Crippen LogP contribution in [0.25, 0.3) is 0 Å². The molecule has 1 aliphatic rings. The molecule has 5 rings (SSSR count).